The number of ketones is 1. The molecule has 1 heterocycles. The van der Waals surface area contributed by atoms with Crippen LogP contribution in [0.3, 0.4) is 0 Å². The van der Waals surface area contributed by atoms with Gasteiger partial charge >= 0.3 is 0 Å². The molecule has 0 bridgehead atoms. The fraction of sp³-hybridized carbons (Fsp3) is 0.241. The highest BCUT2D eigenvalue weighted by molar-refractivity contribution is 6.51. The Morgan fingerprint density at radius 1 is 0.919 bits per heavy atom. The fourth-order valence-electron chi connectivity index (χ4n) is 4.37. The summed E-state index contributed by atoms with van der Waals surface area (Å²) in [5.74, 6) is -0.241. The number of ether oxygens (including phenoxy) is 3. The molecular weight excluding hydrogens is 472 g/mol. The van der Waals surface area contributed by atoms with E-state index in [9.17, 15) is 14.7 Å². The van der Waals surface area contributed by atoms with E-state index in [0.29, 0.717) is 40.7 Å². The number of anilines is 2. The zero-order valence-electron chi connectivity index (χ0n) is 21.5. The molecule has 1 fully saturated rings. The molecule has 3 aromatic rings. The lowest BCUT2D eigenvalue weighted by molar-refractivity contribution is -0.132. The standard InChI is InChI=1S/C29H30N2O6/c1-6-37-22-14-9-19(10-15-22)27(32)25-26(18-7-11-20(12-8-18)30(2)3)31(29(34)28(25)33)21-13-16-23(35-4)24(17-21)36-5/h7-17,26,32H,6H2,1-5H3/b27-25+. The summed E-state index contributed by atoms with van der Waals surface area (Å²) in [4.78, 5) is 30.2. The van der Waals surface area contributed by atoms with Crippen molar-refractivity contribution >= 4 is 28.8 Å². The highest BCUT2D eigenvalue weighted by Crippen LogP contribution is 2.44. The van der Waals surface area contributed by atoms with E-state index in [1.54, 1.807) is 42.5 Å². The number of carbonyl (C=O) groups excluding carboxylic acids is 2. The van der Waals surface area contributed by atoms with Gasteiger partial charge in [-0.25, -0.2) is 0 Å². The number of aliphatic hydroxyl groups is 1. The van der Waals surface area contributed by atoms with Gasteiger partial charge in [0.2, 0.25) is 0 Å². The van der Waals surface area contributed by atoms with Gasteiger partial charge in [0.05, 0.1) is 32.4 Å². The van der Waals surface area contributed by atoms with E-state index in [-0.39, 0.29) is 11.3 Å². The van der Waals surface area contributed by atoms with Gasteiger partial charge in [0, 0.05) is 37.1 Å². The summed E-state index contributed by atoms with van der Waals surface area (Å²) >= 11 is 0. The van der Waals surface area contributed by atoms with Gasteiger partial charge in [-0.1, -0.05) is 12.1 Å². The Morgan fingerprint density at radius 3 is 2.14 bits per heavy atom. The number of methoxy groups -OCH3 is 2. The molecule has 0 radical (unpaired) electrons. The van der Waals surface area contributed by atoms with Crippen LogP contribution in [-0.2, 0) is 9.59 Å². The number of aliphatic hydroxyl groups excluding tert-OH is 1. The van der Waals surface area contributed by atoms with Gasteiger partial charge < -0.3 is 24.2 Å². The molecule has 1 atom stereocenters. The smallest absolute Gasteiger partial charge is 0.300 e. The van der Waals surface area contributed by atoms with Crippen molar-refractivity contribution in [1.82, 2.24) is 0 Å². The summed E-state index contributed by atoms with van der Waals surface area (Å²) in [6.45, 7) is 2.38. The topological polar surface area (TPSA) is 88.5 Å². The first-order chi connectivity index (χ1) is 17.8. The van der Waals surface area contributed by atoms with E-state index in [1.165, 1.54) is 19.1 Å². The lowest BCUT2D eigenvalue weighted by atomic mass is 9.95. The first-order valence-electron chi connectivity index (χ1n) is 11.8. The molecule has 1 aliphatic heterocycles. The number of hydrogen-bond acceptors (Lipinski definition) is 7. The molecule has 3 aromatic carbocycles. The summed E-state index contributed by atoms with van der Waals surface area (Å²) < 4.78 is 16.3. The third kappa shape index (κ3) is 4.82. The number of amides is 1. The molecule has 1 N–H and O–H groups in total. The number of rotatable bonds is 8. The number of carbonyl (C=O) groups is 2. The Morgan fingerprint density at radius 2 is 1.57 bits per heavy atom. The van der Waals surface area contributed by atoms with Crippen LogP contribution < -0.4 is 24.0 Å². The van der Waals surface area contributed by atoms with Gasteiger partial charge in [-0.05, 0) is 61.0 Å². The van der Waals surface area contributed by atoms with Crippen LogP contribution in [0, 0.1) is 0 Å². The highest BCUT2D eigenvalue weighted by Gasteiger charge is 2.47. The lowest BCUT2D eigenvalue weighted by Crippen LogP contribution is -2.29. The first-order valence-corrected chi connectivity index (χ1v) is 11.8. The minimum absolute atomic E-state index is 0.00143. The minimum Gasteiger partial charge on any atom is -0.507 e. The number of hydrogen-bond donors (Lipinski definition) is 1. The highest BCUT2D eigenvalue weighted by atomic mass is 16.5. The van der Waals surface area contributed by atoms with Gasteiger partial charge in [-0.3, -0.25) is 14.5 Å². The average Bonchev–Trinajstić information content (AvgIpc) is 3.18. The summed E-state index contributed by atoms with van der Waals surface area (Å²) in [5.41, 5.74) is 2.47. The monoisotopic (exact) mass is 502 g/mol. The summed E-state index contributed by atoms with van der Waals surface area (Å²) in [6.07, 6.45) is 0. The maximum Gasteiger partial charge on any atom is 0.300 e. The van der Waals surface area contributed by atoms with Crippen molar-refractivity contribution < 1.29 is 28.9 Å². The Kier molecular flexibility index (Phi) is 7.38. The van der Waals surface area contributed by atoms with Crippen molar-refractivity contribution in [3.8, 4) is 17.2 Å². The van der Waals surface area contributed by atoms with Crippen molar-refractivity contribution in [1.29, 1.82) is 0 Å². The number of benzene rings is 3. The largest absolute Gasteiger partial charge is 0.507 e. The van der Waals surface area contributed by atoms with Gasteiger partial charge in [0.1, 0.15) is 11.5 Å². The summed E-state index contributed by atoms with van der Waals surface area (Å²) in [5, 5.41) is 11.3. The van der Waals surface area contributed by atoms with Crippen molar-refractivity contribution in [3.63, 3.8) is 0 Å². The van der Waals surface area contributed by atoms with Gasteiger partial charge in [0.25, 0.3) is 11.7 Å². The van der Waals surface area contributed by atoms with E-state index in [2.05, 4.69) is 0 Å². The quantitative estimate of drug-likeness (QED) is 0.269. The van der Waals surface area contributed by atoms with Crippen LogP contribution in [0.1, 0.15) is 24.1 Å². The molecule has 4 rings (SSSR count). The molecule has 1 saturated heterocycles. The van der Waals surface area contributed by atoms with Gasteiger partial charge in [0.15, 0.2) is 11.5 Å². The van der Waals surface area contributed by atoms with Crippen LogP contribution in [0.4, 0.5) is 11.4 Å². The predicted molar refractivity (Wildman–Crippen MR) is 143 cm³/mol. The van der Waals surface area contributed by atoms with Crippen LogP contribution in [0.15, 0.2) is 72.3 Å². The van der Waals surface area contributed by atoms with E-state index in [4.69, 9.17) is 14.2 Å². The summed E-state index contributed by atoms with van der Waals surface area (Å²) in [6, 6.07) is 18.4. The van der Waals surface area contributed by atoms with Crippen molar-refractivity contribution in [2.75, 3.05) is 44.7 Å². The molecule has 1 amide bonds. The van der Waals surface area contributed by atoms with Gasteiger partial charge in [-0.2, -0.15) is 0 Å². The van der Waals surface area contributed by atoms with E-state index >= 15 is 0 Å². The molecule has 0 aromatic heterocycles. The zero-order chi connectivity index (χ0) is 26.7. The molecule has 8 heteroatoms. The average molecular weight is 503 g/mol. The molecule has 0 spiro atoms. The molecule has 37 heavy (non-hydrogen) atoms. The first kappa shape index (κ1) is 25.6. The third-order valence-electron chi connectivity index (χ3n) is 6.25. The maximum absolute atomic E-state index is 13.4. The second kappa shape index (κ2) is 10.7. The maximum atomic E-state index is 13.4. The predicted octanol–water partition coefficient (Wildman–Crippen LogP) is 4.79. The fourth-order valence-corrected chi connectivity index (χ4v) is 4.37. The van der Waals surface area contributed by atoms with E-state index in [0.717, 1.165) is 5.69 Å². The lowest BCUT2D eigenvalue weighted by Gasteiger charge is -2.26. The molecule has 0 aliphatic carbocycles. The minimum atomic E-state index is -0.860. The Hall–Kier alpha value is -4.46. The van der Waals surface area contributed by atoms with Crippen molar-refractivity contribution in [3.05, 3.63) is 83.4 Å². The van der Waals surface area contributed by atoms with Gasteiger partial charge in [-0.15, -0.1) is 0 Å². The van der Waals surface area contributed by atoms with Crippen LogP contribution in [-0.4, -0.2) is 51.7 Å². The second-order valence-electron chi connectivity index (χ2n) is 8.65. The molecule has 8 nitrogen and oxygen atoms in total. The second-order valence-corrected chi connectivity index (χ2v) is 8.65. The SMILES string of the molecule is CCOc1ccc(/C(O)=C2\C(=O)C(=O)N(c3ccc(OC)c(OC)c3)C2c2ccc(N(C)C)cc2)cc1. The van der Waals surface area contributed by atoms with Crippen LogP contribution in [0.25, 0.3) is 5.76 Å². The number of nitrogens with zero attached hydrogens (tertiary/aromatic N) is 2. The van der Waals surface area contributed by atoms with E-state index < -0.39 is 17.7 Å². The molecule has 192 valence electrons. The summed E-state index contributed by atoms with van der Waals surface area (Å²) in [7, 11) is 6.87. The Balaban J connectivity index is 1.89. The number of Topliss-reactive ketones (excluding diaryl/α,β-unsaturated/α-hetero) is 1. The molecule has 1 unspecified atom stereocenters. The van der Waals surface area contributed by atoms with E-state index in [1.807, 2.05) is 50.2 Å². The van der Waals surface area contributed by atoms with Crippen LogP contribution in [0.5, 0.6) is 17.2 Å². The normalized spacial score (nSPS) is 16.6. The molecule has 0 saturated carbocycles. The Labute approximate surface area is 216 Å². The zero-order valence-corrected chi connectivity index (χ0v) is 21.5. The van der Waals surface area contributed by atoms with Crippen LogP contribution >= 0.6 is 0 Å². The van der Waals surface area contributed by atoms with Crippen LogP contribution in [0.2, 0.25) is 0 Å². The Bertz CT molecular complexity index is 1330. The molecule has 1 aliphatic rings. The van der Waals surface area contributed by atoms with Crippen molar-refractivity contribution in [2.24, 2.45) is 0 Å². The van der Waals surface area contributed by atoms with Crippen molar-refractivity contribution in [2.45, 2.75) is 13.0 Å². The molecular formula is C29H30N2O6. The third-order valence-corrected chi connectivity index (χ3v) is 6.25.